The van der Waals surface area contributed by atoms with Crippen LogP contribution in [0, 0.1) is 0 Å². The minimum Gasteiger partial charge on any atom is -0.412 e. The van der Waals surface area contributed by atoms with Crippen LogP contribution in [0.15, 0.2) is 0 Å². The smallest absolute Gasteiger partial charge is 0 e. The van der Waals surface area contributed by atoms with Crippen molar-refractivity contribution in [3.63, 3.8) is 0 Å². The fraction of sp³-hybridized carbons (Fsp3) is 1.00. The van der Waals surface area contributed by atoms with E-state index in [1.54, 1.807) is 0 Å². The minimum absolute atomic E-state index is 0. The van der Waals surface area contributed by atoms with E-state index in [4.69, 9.17) is 0 Å². The monoisotopic (exact) mass is 347 g/mol. The average molecular weight is 347 g/mol. The van der Waals surface area contributed by atoms with Gasteiger partial charge in [0.05, 0.1) is 0 Å². The molecule has 1 fully saturated rings. The molecule has 0 bridgehead atoms. The molecule has 5 heteroatoms. The van der Waals surface area contributed by atoms with E-state index < -0.39 is 0 Å². The zero-order valence-corrected chi connectivity index (χ0v) is 8.99. The third kappa shape index (κ3) is 18.0. The van der Waals surface area contributed by atoms with Crippen molar-refractivity contribution in [2.24, 2.45) is 11.7 Å². The molecule has 1 aliphatic carbocycles. The van der Waals surface area contributed by atoms with Gasteiger partial charge >= 0.3 is 0 Å². The molecule has 1 saturated carbocycles. The average Bonchev–Trinajstić information content (AvgIpc) is 1.96. The predicted octanol–water partition coefficient (Wildman–Crippen LogP) is -0.492. The molecule has 0 unspecified atom stereocenters. The van der Waals surface area contributed by atoms with Crippen molar-refractivity contribution in [3.05, 3.63) is 0 Å². The van der Waals surface area contributed by atoms with Crippen molar-refractivity contribution < 1.29 is 32.0 Å². The first-order valence-electron chi connectivity index (χ1n) is 3.33. The van der Waals surface area contributed by atoms with Gasteiger partial charge < -0.3 is 11.0 Å². The topological polar surface area (TPSA) is 115 Å². The number of rotatable bonds is 0. The van der Waals surface area contributed by atoms with Crippen LogP contribution in [-0.4, -0.2) is 11.0 Å². The molecule has 0 saturated heterocycles. The van der Waals surface area contributed by atoms with Crippen LogP contribution in [0.2, 0.25) is 0 Å². The van der Waals surface area contributed by atoms with Crippen molar-refractivity contribution in [1.82, 2.24) is 0 Å². The van der Waals surface area contributed by atoms with Crippen LogP contribution in [0.5, 0.6) is 0 Å². The molecule has 1 rings (SSSR count). The van der Waals surface area contributed by atoms with E-state index in [0.29, 0.717) is 0 Å². The van der Waals surface area contributed by atoms with Crippen LogP contribution in [0.25, 0.3) is 0 Å². The molecule has 0 amide bonds. The second kappa shape index (κ2) is 22.4. The summed E-state index contributed by atoms with van der Waals surface area (Å²) in [5.41, 5.74) is 0. The predicted molar refractivity (Wildman–Crippen MR) is 43.3 cm³/mol. The summed E-state index contributed by atoms with van der Waals surface area (Å²) in [6.45, 7) is 0. The summed E-state index contributed by atoms with van der Waals surface area (Å²) in [6.07, 6.45) is 9.00. The van der Waals surface area contributed by atoms with Gasteiger partial charge in [0.15, 0.2) is 0 Å². The largest absolute Gasteiger partial charge is 0.412 e. The molecule has 0 spiro atoms. The summed E-state index contributed by atoms with van der Waals surface area (Å²) < 4.78 is 0. The summed E-state index contributed by atoms with van der Waals surface area (Å²) in [7, 11) is 0. The molecular weight excluding hydrogens is 327 g/mol. The molecule has 4 nitrogen and oxygen atoms in total. The molecule has 0 aromatic carbocycles. The van der Waals surface area contributed by atoms with E-state index in [0.717, 1.165) is 0 Å². The Bertz CT molecular complexity index is 34.1. The van der Waals surface area contributed by atoms with E-state index in [9.17, 15) is 0 Å². The van der Waals surface area contributed by atoms with Crippen LogP contribution >= 0.6 is 0 Å². The maximum absolute atomic E-state index is 4.00. The minimum atomic E-state index is 0. The summed E-state index contributed by atoms with van der Waals surface area (Å²) in [6, 6.07) is 0. The third-order valence-electron chi connectivity index (χ3n) is 1.50. The quantitative estimate of drug-likeness (QED) is 0.455. The molecule has 0 heterocycles. The fourth-order valence-corrected chi connectivity index (χ4v) is 1.06. The fourth-order valence-electron chi connectivity index (χ4n) is 1.06. The van der Waals surface area contributed by atoms with Gasteiger partial charge in [0, 0.05) is 21.1 Å². The molecule has 8 N–H and O–H groups in total. The van der Waals surface area contributed by atoms with Gasteiger partial charge in [-0.3, -0.25) is 11.7 Å². The molecule has 0 atom stereocenters. The maximum atomic E-state index is 4.00. The number of nitrogens with two attached hydrogens (primary N) is 2. The van der Waals surface area contributed by atoms with Crippen molar-refractivity contribution in [2.75, 3.05) is 0 Å². The van der Waals surface area contributed by atoms with Crippen molar-refractivity contribution in [3.8, 4) is 0 Å². The van der Waals surface area contributed by atoms with Crippen LogP contribution in [0.4, 0.5) is 0 Å². The van der Waals surface area contributed by atoms with E-state index in [-0.39, 0.29) is 32.0 Å². The Kier molecular flexibility index (Phi) is 46.0. The molecular formula is C6H20N2O2Pt. The Balaban J connectivity index is -0.0000000459. The van der Waals surface area contributed by atoms with Crippen LogP contribution in [0.1, 0.15) is 38.5 Å². The zero-order chi connectivity index (χ0) is 6.24. The summed E-state index contributed by atoms with van der Waals surface area (Å²) in [5.74, 6) is 8.00. The summed E-state index contributed by atoms with van der Waals surface area (Å²) in [4.78, 5) is 0. The van der Waals surface area contributed by atoms with Crippen LogP contribution in [0.3, 0.4) is 0 Å². The summed E-state index contributed by atoms with van der Waals surface area (Å²) >= 11 is 0. The first kappa shape index (κ1) is 22.5. The SMILES string of the molecule is C1CCCCC1.NN.O.O.[Pt]. The van der Waals surface area contributed by atoms with Crippen LogP contribution in [-0.2, 0) is 21.1 Å². The third-order valence-corrected chi connectivity index (χ3v) is 1.50. The van der Waals surface area contributed by atoms with Gasteiger partial charge in [-0.05, 0) is 0 Å². The summed E-state index contributed by atoms with van der Waals surface area (Å²) in [5, 5.41) is 0. The van der Waals surface area contributed by atoms with Gasteiger partial charge in [-0.1, -0.05) is 38.5 Å². The Hall–Kier alpha value is 0.528. The maximum Gasteiger partial charge on any atom is 0 e. The molecule has 76 valence electrons. The number of hydrogen-bond acceptors (Lipinski definition) is 2. The molecule has 0 aromatic heterocycles. The molecule has 1 aliphatic rings. The number of hydrazine groups is 1. The molecule has 11 heavy (non-hydrogen) atoms. The second-order valence-corrected chi connectivity index (χ2v) is 2.12. The van der Waals surface area contributed by atoms with Crippen molar-refractivity contribution >= 4 is 0 Å². The Morgan fingerprint density at radius 1 is 0.545 bits per heavy atom. The van der Waals surface area contributed by atoms with Gasteiger partial charge in [0.1, 0.15) is 0 Å². The molecule has 0 aromatic rings. The Morgan fingerprint density at radius 2 is 0.636 bits per heavy atom. The van der Waals surface area contributed by atoms with Crippen molar-refractivity contribution in [1.29, 1.82) is 0 Å². The van der Waals surface area contributed by atoms with E-state index >= 15 is 0 Å². The normalized spacial score (nSPS) is 13.6. The van der Waals surface area contributed by atoms with E-state index in [1.807, 2.05) is 0 Å². The van der Waals surface area contributed by atoms with Gasteiger partial charge in [0.25, 0.3) is 0 Å². The van der Waals surface area contributed by atoms with E-state index in [1.165, 1.54) is 38.5 Å². The van der Waals surface area contributed by atoms with E-state index in [2.05, 4.69) is 11.7 Å². The first-order valence-corrected chi connectivity index (χ1v) is 3.33. The Labute approximate surface area is 82.6 Å². The first-order chi connectivity index (χ1) is 4.00. The van der Waals surface area contributed by atoms with Gasteiger partial charge in [-0.2, -0.15) is 0 Å². The number of hydrogen-bond donors (Lipinski definition) is 2. The van der Waals surface area contributed by atoms with Gasteiger partial charge in [0.2, 0.25) is 0 Å². The van der Waals surface area contributed by atoms with Crippen molar-refractivity contribution in [2.45, 2.75) is 38.5 Å². The second-order valence-electron chi connectivity index (χ2n) is 2.12. The molecule has 0 aliphatic heterocycles. The van der Waals surface area contributed by atoms with Crippen LogP contribution < -0.4 is 11.7 Å². The standard InChI is InChI=1S/C6H12.H4N2.2H2O.Pt/c1-2-4-6-5-3-1;1-2;;;/h1-6H2;1-2H2;2*1H2;. The Morgan fingerprint density at radius 3 is 0.727 bits per heavy atom. The zero-order valence-electron chi connectivity index (χ0n) is 6.71. The van der Waals surface area contributed by atoms with Gasteiger partial charge in [-0.25, -0.2) is 0 Å². The van der Waals surface area contributed by atoms with Gasteiger partial charge in [-0.15, -0.1) is 0 Å². The molecule has 0 radical (unpaired) electrons.